The van der Waals surface area contributed by atoms with E-state index in [1.54, 1.807) is 26.0 Å². The molecular weight excluding hydrogens is 1020 g/mol. The lowest BCUT2D eigenvalue weighted by molar-refractivity contribution is 0.0521. The van der Waals surface area contributed by atoms with Crippen LogP contribution in [0.5, 0.6) is 17.2 Å². The van der Waals surface area contributed by atoms with Crippen molar-refractivity contribution in [2.75, 3.05) is 38.7 Å². The van der Waals surface area contributed by atoms with Crippen LogP contribution in [0.3, 0.4) is 0 Å². The molecule has 0 saturated heterocycles. The molecule has 74 heavy (non-hydrogen) atoms. The predicted octanol–water partition coefficient (Wildman–Crippen LogP) is 8.10. The summed E-state index contributed by atoms with van der Waals surface area (Å²) in [5.41, 5.74) is 8.69. The van der Waals surface area contributed by atoms with Crippen molar-refractivity contribution in [3.05, 3.63) is 118 Å². The molecule has 0 aliphatic carbocycles. The Balaban J connectivity index is 1.58. The van der Waals surface area contributed by atoms with E-state index < -0.39 is 52.8 Å². The van der Waals surface area contributed by atoms with Crippen LogP contribution >= 0.6 is 22.8 Å². The first kappa shape index (κ1) is 58.4. The van der Waals surface area contributed by atoms with Crippen molar-refractivity contribution in [2.45, 2.75) is 126 Å². The highest BCUT2D eigenvalue weighted by Gasteiger charge is 2.39. The fraction of sp³-hybridized carbons (Fsp3) is 0.481. The summed E-state index contributed by atoms with van der Waals surface area (Å²) < 4.78 is 64.7. The third-order valence-corrected chi connectivity index (χ3v) is 17.1. The molecule has 0 aromatic heterocycles. The maximum absolute atomic E-state index is 14.3. The zero-order valence-electron chi connectivity index (χ0n) is 43.1. The van der Waals surface area contributed by atoms with Crippen molar-refractivity contribution in [2.24, 2.45) is 0 Å². The van der Waals surface area contributed by atoms with Crippen LogP contribution in [0.1, 0.15) is 152 Å². The summed E-state index contributed by atoms with van der Waals surface area (Å²) in [6.07, 6.45) is 5.78. The standard InChI is InChI=1S/C52H68NO18P3/c1-9-31(27-73(62,63)64)14-16-37-35(12-4)38(20-32(19-29(6)21-53-17-18-72(59,60)61)43-33(10-2)30(7)39-22-69-50(56)44(39)48(43)55)41-24-71-52(58)46(41)49(37)68-23-40-34(11-3)36(15-13-28(5)26-74(65,66)67-8)47(54)45-42(40)25-70-51(45)57/h13-14,19,32,53-55H,9-12,15-18,20-27H2,1-8H3,(H,65,66)(H2,59,60,61)(H2,62,63,64)/b28-13+,29-19+,31-14+. The number of phenolic OH excluding ortho intramolecular Hbond substituents is 2. The van der Waals surface area contributed by atoms with Gasteiger partial charge in [-0.15, -0.1) is 0 Å². The number of cyclic esters (lactones) is 3. The van der Waals surface area contributed by atoms with Crippen LogP contribution in [0.2, 0.25) is 0 Å². The molecule has 404 valence electrons. The first-order chi connectivity index (χ1) is 34.8. The number of aromatic hydroxyl groups is 2. The van der Waals surface area contributed by atoms with Crippen LogP contribution in [0.15, 0.2) is 34.9 Å². The summed E-state index contributed by atoms with van der Waals surface area (Å²) in [7, 11) is -11.6. The number of fused-ring (bicyclic) bond motifs is 3. The van der Waals surface area contributed by atoms with Gasteiger partial charge in [-0.2, -0.15) is 0 Å². The third-order valence-electron chi connectivity index (χ3n) is 14.0. The monoisotopic (exact) mass is 1090 g/mol. The molecule has 3 aliphatic rings. The summed E-state index contributed by atoms with van der Waals surface area (Å²) in [6, 6.07) is 0. The van der Waals surface area contributed by atoms with Gasteiger partial charge in [-0.25, -0.2) is 14.4 Å². The Morgan fingerprint density at radius 1 is 0.676 bits per heavy atom. The number of ether oxygens (including phenoxy) is 4. The SMILES string of the molecule is CC/C(=C\Cc1c(CC)c(CC(/C=C(\C)CNCCP(=O)(O)O)c2c(O)c3c(c(C)c2CC)COC3=O)c2c(c1OCc1c(CC)c(C/C=C(\C)CP(=O)(O)OC)c(O)c3c1COC3=O)C(=O)OC2)CP(=O)(O)O. The normalized spacial score (nSPS) is 16.2. The van der Waals surface area contributed by atoms with Crippen molar-refractivity contribution in [1.82, 2.24) is 5.32 Å². The number of esters is 3. The molecule has 3 aromatic carbocycles. The lowest BCUT2D eigenvalue weighted by atomic mass is 9.78. The van der Waals surface area contributed by atoms with Crippen LogP contribution in [0.25, 0.3) is 0 Å². The average molecular weight is 1090 g/mol. The van der Waals surface area contributed by atoms with E-state index in [1.165, 1.54) is 0 Å². The van der Waals surface area contributed by atoms with Crippen molar-refractivity contribution in [3.63, 3.8) is 0 Å². The molecule has 3 heterocycles. The topological polar surface area (TPSA) is 302 Å². The fourth-order valence-electron chi connectivity index (χ4n) is 10.5. The van der Waals surface area contributed by atoms with Gasteiger partial charge in [0.25, 0.3) is 0 Å². The Morgan fingerprint density at radius 2 is 1.23 bits per heavy atom. The number of allylic oxidation sites excluding steroid dienone is 5. The lowest BCUT2D eigenvalue weighted by Crippen LogP contribution is -2.21. The van der Waals surface area contributed by atoms with Crippen molar-refractivity contribution >= 4 is 40.7 Å². The largest absolute Gasteiger partial charge is 0.507 e. The number of carbonyl (C=O) groups excluding carboxylic acids is 3. The van der Waals surface area contributed by atoms with E-state index >= 15 is 0 Å². The van der Waals surface area contributed by atoms with Gasteiger partial charge in [-0.05, 0) is 93.5 Å². The Morgan fingerprint density at radius 3 is 1.80 bits per heavy atom. The number of carbonyl (C=O) groups is 3. The molecule has 3 aliphatic heterocycles. The molecule has 22 heteroatoms. The minimum Gasteiger partial charge on any atom is -0.507 e. The molecule has 0 saturated carbocycles. The van der Waals surface area contributed by atoms with Gasteiger partial charge in [0.2, 0.25) is 0 Å². The van der Waals surface area contributed by atoms with E-state index in [2.05, 4.69) is 5.32 Å². The Bertz CT molecular complexity index is 2980. The molecule has 2 unspecified atom stereocenters. The average Bonchev–Trinajstić information content (AvgIpc) is 4.04. The Hall–Kier alpha value is -4.90. The molecule has 0 bridgehead atoms. The predicted molar refractivity (Wildman–Crippen MR) is 275 cm³/mol. The van der Waals surface area contributed by atoms with E-state index in [9.17, 15) is 62.8 Å². The molecule has 0 amide bonds. The second-order valence-electron chi connectivity index (χ2n) is 18.9. The summed E-state index contributed by atoms with van der Waals surface area (Å²) in [4.78, 5) is 90.0. The second-order valence-corrected chi connectivity index (χ2v) is 24.3. The number of hydrogen-bond acceptors (Lipinski definition) is 14. The van der Waals surface area contributed by atoms with Gasteiger partial charge in [0.1, 0.15) is 60.4 Å². The fourth-order valence-corrected chi connectivity index (χ4v) is 12.7. The minimum absolute atomic E-state index is 0.00534. The maximum atomic E-state index is 14.3. The first-order valence-electron chi connectivity index (χ1n) is 24.6. The number of hydrogen-bond donors (Lipinski definition) is 8. The lowest BCUT2D eigenvalue weighted by Gasteiger charge is -2.27. The minimum atomic E-state index is -4.52. The zero-order chi connectivity index (χ0) is 54.6. The molecule has 19 nitrogen and oxygen atoms in total. The molecular formula is C52H68NO18P3. The van der Waals surface area contributed by atoms with E-state index in [4.69, 9.17) is 23.5 Å². The van der Waals surface area contributed by atoms with Gasteiger partial charge in [-0.3, -0.25) is 13.7 Å². The van der Waals surface area contributed by atoms with Crippen molar-refractivity contribution in [3.8, 4) is 17.2 Å². The first-order valence-corrected chi connectivity index (χ1v) is 29.9. The summed E-state index contributed by atoms with van der Waals surface area (Å²) in [5.74, 6) is -3.21. The summed E-state index contributed by atoms with van der Waals surface area (Å²) in [6.45, 7) is 12.4. The molecule has 0 radical (unpaired) electrons. The highest BCUT2D eigenvalue weighted by atomic mass is 31.2. The molecule has 0 spiro atoms. The summed E-state index contributed by atoms with van der Waals surface area (Å²) in [5, 5.41) is 26.9. The molecule has 0 fully saturated rings. The van der Waals surface area contributed by atoms with E-state index in [1.807, 2.05) is 40.7 Å². The van der Waals surface area contributed by atoms with Gasteiger partial charge >= 0.3 is 40.7 Å². The van der Waals surface area contributed by atoms with Crippen LogP contribution in [-0.4, -0.2) is 91.3 Å². The quantitative estimate of drug-likeness (QED) is 0.0131. The van der Waals surface area contributed by atoms with Gasteiger partial charge in [0, 0.05) is 65.1 Å². The van der Waals surface area contributed by atoms with Crippen LogP contribution in [0.4, 0.5) is 0 Å². The highest BCUT2D eigenvalue weighted by Crippen LogP contribution is 2.48. The van der Waals surface area contributed by atoms with Crippen LogP contribution in [-0.2, 0) is 97.4 Å². The van der Waals surface area contributed by atoms with Crippen molar-refractivity contribution < 1.29 is 86.2 Å². The van der Waals surface area contributed by atoms with Gasteiger partial charge < -0.3 is 63.5 Å². The maximum Gasteiger partial charge on any atom is 0.342 e. The van der Waals surface area contributed by atoms with E-state index in [-0.39, 0.29) is 105 Å². The number of benzene rings is 3. The van der Waals surface area contributed by atoms with Crippen LogP contribution < -0.4 is 10.1 Å². The van der Waals surface area contributed by atoms with Crippen LogP contribution in [0, 0.1) is 6.92 Å². The number of rotatable bonds is 25. The van der Waals surface area contributed by atoms with E-state index in [0.717, 1.165) is 23.8 Å². The van der Waals surface area contributed by atoms with Gasteiger partial charge in [0.15, 0.2) is 0 Å². The Labute approximate surface area is 430 Å². The van der Waals surface area contributed by atoms with E-state index in [0.29, 0.717) is 92.5 Å². The van der Waals surface area contributed by atoms with Gasteiger partial charge in [0.05, 0.1) is 18.5 Å². The number of phenols is 2. The summed E-state index contributed by atoms with van der Waals surface area (Å²) >= 11 is 0. The molecule has 6 rings (SSSR count). The molecule has 8 N–H and O–H groups in total. The highest BCUT2D eigenvalue weighted by molar-refractivity contribution is 7.53. The molecule has 2 atom stereocenters. The second kappa shape index (κ2) is 24.0. The Kier molecular flexibility index (Phi) is 18.9. The van der Waals surface area contributed by atoms with Crippen molar-refractivity contribution in [1.29, 1.82) is 0 Å². The number of nitrogens with one attached hydrogen (secondary N) is 1. The smallest absolute Gasteiger partial charge is 0.342 e. The third kappa shape index (κ3) is 13.0. The zero-order valence-corrected chi connectivity index (χ0v) is 45.8. The van der Waals surface area contributed by atoms with Gasteiger partial charge in [-0.1, -0.05) is 62.6 Å². The molecule has 3 aromatic rings.